The number of carbonyl (C=O) groups excluding carboxylic acids is 2. The lowest BCUT2D eigenvalue weighted by Crippen LogP contribution is -2.19. The van der Waals surface area contributed by atoms with Gasteiger partial charge in [-0.25, -0.2) is 4.98 Å². The van der Waals surface area contributed by atoms with E-state index in [4.69, 9.17) is 10.5 Å². The molecule has 0 unspecified atom stereocenters. The van der Waals surface area contributed by atoms with Crippen LogP contribution in [-0.4, -0.2) is 33.6 Å². The van der Waals surface area contributed by atoms with Crippen molar-refractivity contribution in [1.29, 1.82) is 0 Å². The number of aromatic nitrogens is 3. The van der Waals surface area contributed by atoms with Gasteiger partial charge >= 0.3 is 0 Å². The van der Waals surface area contributed by atoms with Gasteiger partial charge in [0.05, 0.1) is 18.0 Å². The number of nitrogens with one attached hydrogen (secondary N) is 2. The van der Waals surface area contributed by atoms with Crippen molar-refractivity contribution in [2.75, 3.05) is 11.9 Å². The van der Waals surface area contributed by atoms with E-state index in [2.05, 4.69) is 50.0 Å². The van der Waals surface area contributed by atoms with Crippen molar-refractivity contribution >= 4 is 40.1 Å². The maximum atomic E-state index is 12.7. The minimum absolute atomic E-state index is 0.00256. The molecule has 134 valence electrons. The molecule has 0 aliphatic carbocycles. The largest absolute Gasteiger partial charge is 0.477 e. The highest BCUT2D eigenvalue weighted by atomic mass is 127. The van der Waals surface area contributed by atoms with Crippen molar-refractivity contribution in [2.24, 2.45) is 5.73 Å². The molecule has 8 nitrogen and oxygen atoms in total. The van der Waals surface area contributed by atoms with Crippen LogP contribution in [0, 0.1) is 3.57 Å². The quantitative estimate of drug-likeness (QED) is 0.415. The lowest BCUT2D eigenvalue weighted by Gasteiger charge is -2.11. The van der Waals surface area contributed by atoms with Crippen LogP contribution in [-0.2, 0) is 6.42 Å². The monoisotopic (exact) mass is 457 g/mol. The fraction of sp³-hybridized carbons (Fsp3) is 0.375. The predicted octanol–water partition coefficient (Wildman–Crippen LogP) is 2.50. The van der Waals surface area contributed by atoms with Gasteiger partial charge in [0.25, 0.3) is 11.8 Å². The second kappa shape index (κ2) is 8.79. The molecule has 2 heterocycles. The Labute approximate surface area is 159 Å². The SMILES string of the molecule is CCCCOc1ncc(I)cc1C(=O)Nc1c(C(N)=O)n[nH]c1CC. The molecule has 2 rings (SSSR count). The number of anilines is 1. The minimum Gasteiger partial charge on any atom is -0.477 e. The van der Waals surface area contributed by atoms with Crippen LogP contribution in [0.2, 0.25) is 0 Å². The van der Waals surface area contributed by atoms with E-state index in [0.29, 0.717) is 30.0 Å². The average molecular weight is 457 g/mol. The fourth-order valence-corrected chi connectivity index (χ4v) is 2.60. The van der Waals surface area contributed by atoms with Gasteiger partial charge in [-0.05, 0) is 41.5 Å². The normalized spacial score (nSPS) is 10.5. The van der Waals surface area contributed by atoms with Crippen LogP contribution >= 0.6 is 22.6 Å². The lowest BCUT2D eigenvalue weighted by molar-refractivity contribution is 0.0996. The standard InChI is InChI=1S/C16H20IN5O3/c1-3-5-6-25-16-10(7-9(17)8-19-16)15(24)20-12-11(4-2)21-22-13(12)14(18)23/h7-8H,3-6H2,1-2H3,(H2,18,23)(H,20,24)(H,21,22). The van der Waals surface area contributed by atoms with Crippen LogP contribution in [0.4, 0.5) is 5.69 Å². The van der Waals surface area contributed by atoms with Crippen LogP contribution < -0.4 is 15.8 Å². The Kier molecular flexibility index (Phi) is 6.73. The highest BCUT2D eigenvalue weighted by Gasteiger charge is 2.22. The first-order chi connectivity index (χ1) is 12.0. The fourth-order valence-electron chi connectivity index (χ4n) is 2.15. The summed E-state index contributed by atoms with van der Waals surface area (Å²) in [6.07, 6.45) is 4.02. The van der Waals surface area contributed by atoms with Gasteiger partial charge in [0, 0.05) is 9.77 Å². The van der Waals surface area contributed by atoms with E-state index in [1.54, 1.807) is 12.3 Å². The number of nitrogens with two attached hydrogens (primary N) is 1. The van der Waals surface area contributed by atoms with E-state index < -0.39 is 11.8 Å². The van der Waals surface area contributed by atoms with Gasteiger partial charge in [-0.3, -0.25) is 14.7 Å². The summed E-state index contributed by atoms with van der Waals surface area (Å²) in [5.74, 6) is -0.893. The summed E-state index contributed by atoms with van der Waals surface area (Å²) in [4.78, 5) is 28.4. The van der Waals surface area contributed by atoms with Crippen LogP contribution in [0.25, 0.3) is 0 Å². The molecule has 2 amide bonds. The Bertz CT molecular complexity index is 775. The van der Waals surface area contributed by atoms with Crippen molar-refractivity contribution in [2.45, 2.75) is 33.1 Å². The molecule has 0 bridgehead atoms. The van der Waals surface area contributed by atoms with Crippen LogP contribution in [0.15, 0.2) is 12.3 Å². The van der Waals surface area contributed by atoms with E-state index >= 15 is 0 Å². The zero-order valence-corrected chi connectivity index (χ0v) is 16.2. The van der Waals surface area contributed by atoms with Crippen LogP contribution in [0.5, 0.6) is 5.88 Å². The van der Waals surface area contributed by atoms with E-state index in [-0.39, 0.29) is 11.6 Å². The van der Waals surface area contributed by atoms with E-state index in [1.165, 1.54) is 0 Å². The first-order valence-electron chi connectivity index (χ1n) is 7.94. The zero-order valence-electron chi connectivity index (χ0n) is 14.1. The second-order valence-corrected chi connectivity index (χ2v) is 6.55. The Morgan fingerprint density at radius 3 is 2.80 bits per heavy atom. The van der Waals surface area contributed by atoms with E-state index in [9.17, 15) is 9.59 Å². The van der Waals surface area contributed by atoms with Gasteiger partial charge in [0.1, 0.15) is 5.56 Å². The third kappa shape index (κ3) is 4.68. The Balaban J connectivity index is 2.31. The Morgan fingerprint density at radius 1 is 1.40 bits per heavy atom. The molecule has 0 aliphatic rings. The van der Waals surface area contributed by atoms with Crippen molar-refractivity contribution < 1.29 is 14.3 Å². The van der Waals surface area contributed by atoms with Crippen molar-refractivity contribution in [1.82, 2.24) is 15.2 Å². The van der Waals surface area contributed by atoms with E-state index in [1.807, 2.05) is 6.92 Å². The third-order valence-corrected chi connectivity index (χ3v) is 4.06. The zero-order chi connectivity index (χ0) is 18.4. The van der Waals surface area contributed by atoms with Gasteiger partial charge in [-0.1, -0.05) is 20.3 Å². The molecule has 2 aromatic rings. The number of primary amides is 1. The van der Waals surface area contributed by atoms with Gasteiger partial charge in [-0.15, -0.1) is 0 Å². The van der Waals surface area contributed by atoms with Crippen molar-refractivity contribution in [3.63, 3.8) is 0 Å². The van der Waals surface area contributed by atoms with Gasteiger partial charge < -0.3 is 15.8 Å². The number of amides is 2. The number of hydrogen-bond acceptors (Lipinski definition) is 5. The maximum Gasteiger partial charge on any atom is 0.271 e. The Hall–Kier alpha value is -2.17. The molecule has 2 aromatic heterocycles. The molecular weight excluding hydrogens is 437 g/mol. The molecular formula is C16H20IN5O3. The smallest absolute Gasteiger partial charge is 0.271 e. The van der Waals surface area contributed by atoms with E-state index in [0.717, 1.165) is 16.4 Å². The molecule has 9 heteroatoms. The number of nitrogens with zero attached hydrogens (tertiary/aromatic N) is 2. The maximum absolute atomic E-state index is 12.7. The van der Waals surface area contributed by atoms with Gasteiger partial charge in [-0.2, -0.15) is 5.10 Å². The molecule has 0 saturated heterocycles. The number of ether oxygens (including phenoxy) is 1. The van der Waals surface area contributed by atoms with Crippen molar-refractivity contribution in [3.05, 3.63) is 32.8 Å². The molecule has 4 N–H and O–H groups in total. The predicted molar refractivity (Wildman–Crippen MR) is 102 cm³/mol. The topological polar surface area (TPSA) is 123 Å². The number of halogens is 1. The molecule has 25 heavy (non-hydrogen) atoms. The number of unbranched alkanes of at least 4 members (excludes halogenated alkanes) is 1. The molecule has 0 aromatic carbocycles. The minimum atomic E-state index is -0.716. The number of aromatic amines is 1. The average Bonchev–Trinajstić information content (AvgIpc) is 2.99. The summed E-state index contributed by atoms with van der Waals surface area (Å²) in [5.41, 5.74) is 6.52. The number of H-pyrrole nitrogens is 1. The summed E-state index contributed by atoms with van der Waals surface area (Å²) < 4.78 is 6.41. The molecule has 0 spiro atoms. The lowest BCUT2D eigenvalue weighted by atomic mass is 10.2. The van der Waals surface area contributed by atoms with Gasteiger partial charge in [0.2, 0.25) is 5.88 Å². The first-order valence-corrected chi connectivity index (χ1v) is 9.02. The highest BCUT2D eigenvalue weighted by Crippen LogP contribution is 2.23. The number of carbonyl (C=O) groups is 2. The first kappa shape index (κ1) is 19.2. The number of rotatable bonds is 8. The summed E-state index contributed by atoms with van der Waals surface area (Å²) in [6, 6.07) is 1.68. The highest BCUT2D eigenvalue weighted by molar-refractivity contribution is 14.1. The molecule has 0 atom stereocenters. The summed E-state index contributed by atoms with van der Waals surface area (Å²) in [6.45, 7) is 4.40. The molecule has 0 radical (unpaired) electrons. The second-order valence-electron chi connectivity index (χ2n) is 5.31. The third-order valence-electron chi connectivity index (χ3n) is 3.47. The summed E-state index contributed by atoms with van der Waals surface area (Å²) in [5, 5.41) is 9.30. The number of aryl methyl sites for hydroxylation is 1. The Morgan fingerprint density at radius 2 is 2.16 bits per heavy atom. The molecule has 0 aliphatic heterocycles. The summed E-state index contributed by atoms with van der Waals surface area (Å²) >= 11 is 2.07. The molecule has 0 saturated carbocycles. The van der Waals surface area contributed by atoms with Crippen LogP contribution in [0.3, 0.4) is 0 Å². The molecule has 0 fully saturated rings. The van der Waals surface area contributed by atoms with Crippen molar-refractivity contribution in [3.8, 4) is 5.88 Å². The number of hydrogen-bond donors (Lipinski definition) is 3. The summed E-state index contributed by atoms with van der Waals surface area (Å²) in [7, 11) is 0. The van der Waals surface area contributed by atoms with Crippen LogP contribution in [0.1, 0.15) is 53.2 Å². The number of pyridine rings is 1. The van der Waals surface area contributed by atoms with Gasteiger partial charge in [0.15, 0.2) is 5.69 Å².